The largest absolute Gasteiger partial charge is 0.496 e. The molecule has 5 nitrogen and oxygen atoms in total. The van der Waals surface area contributed by atoms with Crippen LogP contribution in [0.3, 0.4) is 0 Å². The van der Waals surface area contributed by atoms with Gasteiger partial charge in [0.2, 0.25) is 0 Å². The maximum atomic E-state index is 5.39. The number of hydrogen-bond donors (Lipinski definition) is 2. The van der Waals surface area contributed by atoms with Crippen molar-refractivity contribution in [3.05, 3.63) is 48.0 Å². The summed E-state index contributed by atoms with van der Waals surface area (Å²) in [7, 11) is 4.85. The van der Waals surface area contributed by atoms with Crippen LogP contribution in [0, 0.1) is 0 Å². The molecule has 0 saturated heterocycles. The lowest BCUT2D eigenvalue weighted by Crippen LogP contribution is -2.21. The smallest absolute Gasteiger partial charge is 0.164 e. The fraction of sp³-hybridized carbons (Fsp3) is 0.250. The van der Waals surface area contributed by atoms with Crippen LogP contribution in [0.25, 0.3) is 0 Å². The average Bonchev–Trinajstić information content (AvgIpc) is 2.55. The van der Waals surface area contributed by atoms with E-state index < -0.39 is 0 Å². The molecule has 2 rings (SSSR count). The Morgan fingerprint density at radius 1 is 0.810 bits per heavy atom. The third kappa shape index (κ3) is 3.79. The van der Waals surface area contributed by atoms with Crippen LogP contribution in [0.4, 0.5) is 5.69 Å². The van der Waals surface area contributed by atoms with Gasteiger partial charge >= 0.3 is 0 Å². The highest BCUT2D eigenvalue weighted by Crippen LogP contribution is 2.34. The molecule has 0 unspecified atom stereocenters. The fourth-order valence-electron chi connectivity index (χ4n) is 1.99. The van der Waals surface area contributed by atoms with Crippen LogP contribution in [0.2, 0.25) is 0 Å². The molecule has 0 saturated carbocycles. The van der Waals surface area contributed by atoms with Gasteiger partial charge < -0.3 is 19.6 Å². The van der Waals surface area contributed by atoms with E-state index in [9.17, 15) is 0 Å². The van der Waals surface area contributed by atoms with Gasteiger partial charge in [0.25, 0.3) is 0 Å². The SMILES string of the molecule is COc1cc(OC)c(OC)cc1CNNc1ccccc1. The van der Waals surface area contributed by atoms with Crippen LogP contribution in [0.15, 0.2) is 42.5 Å². The van der Waals surface area contributed by atoms with Crippen LogP contribution >= 0.6 is 0 Å². The summed E-state index contributed by atoms with van der Waals surface area (Å²) < 4.78 is 16.0. The van der Waals surface area contributed by atoms with Gasteiger partial charge in [-0.2, -0.15) is 0 Å². The van der Waals surface area contributed by atoms with E-state index in [0.717, 1.165) is 17.0 Å². The number of ether oxygens (including phenoxy) is 3. The highest BCUT2D eigenvalue weighted by Gasteiger charge is 2.11. The number of benzene rings is 2. The summed E-state index contributed by atoms with van der Waals surface area (Å²) >= 11 is 0. The summed E-state index contributed by atoms with van der Waals surface area (Å²) in [5.41, 5.74) is 8.26. The van der Waals surface area contributed by atoms with Crippen LogP contribution in [-0.4, -0.2) is 21.3 Å². The molecule has 0 spiro atoms. The Morgan fingerprint density at radius 3 is 2.05 bits per heavy atom. The molecule has 2 aromatic carbocycles. The monoisotopic (exact) mass is 288 g/mol. The molecule has 0 heterocycles. The van der Waals surface area contributed by atoms with Gasteiger partial charge in [-0.3, -0.25) is 0 Å². The molecule has 112 valence electrons. The molecule has 0 aromatic heterocycles. The van der Waals surface area contributed by atoms with Crippen molar-refractivity contribution in [1.29, 1.82) is 0 Å². The van der Waals surface area contributed by atoms with Crippen molar-refractivity contribution < 1.29 is 14.2 Å². The van der Waals surface area contributed by atoms with Gasteiger partial charge in [0, 0.05) is 23.9 Å². The maximum absolute atomic E-state index is 5.39. The number of para-hydroxylation sites is 1. The molecular weight excluding hydrogens is 268 g/mol. The van der Waals surface area contributed by atoms with Crippen LogP contribution in [0.5, 0.6) is 17.2 Å². The molecule has 0 bridgehead atoms. The molecule has 0 amide bonds. The van der Waals surface area contributed by atoms with Crippen LogP contribution in [0.1, 0.15) is 5.56 Å². The molecule has 0 atom stereocenters. The minimum Gasteiger partial charge on any atom is -0.496 e. The zero-order valence-corrected chi connectivity index (χ0v) is 12.5. The highest BCUT2D eigenvalue weighted by molar-refractivity contribution is 5.51. The molecule has 0 fully saturated rings. The van der Waals surface area contributed by atoms with Crippen molar-refractivity contribution in [2.45, 2.75) is 6.54 Å². The minimum atomic E-state index is 0.582. The van der Waals surface area contributed by atoms with E-state index in [1.54, 1.807) is 21.3 Å². The zero-order valence-electron chi connectivity index (χ0n) is 12.5. The summed E-state index contributed by atoms with van der Waals surface area (Å²) in [6.07, 6.45) is 0. The quantitative estimate of drug-likeness (QED) is 0.767. The van der Waals surface area contributed by atoms with Gasteiger partial charge in [-0.05, 0) is 18.2 Å². The normalized spacial score (nSPS) is 10.0. The first kappa shape index (κ1) is 15.0. The topological polar surface area (TPSA) is 51.8 Å². The molecule has 0 radical (unpaired) electrons. The molecule has 5 heteroatoms. The average molecular weight is 288 g/mol. The lowest BCUT2D eigenvalue weighted by Gasteiger charge is -2.15. The van der Waals surface area contributed by atoms with Crippen molar-refractivity contribution in [2.75, 3.05) is 26.8 Å². The van der Waals surface area contributed by atoms with Crippen molar-refractivity contribution in [3.8, 4) is 17.2 Å². The number of anilines is 1. The van der Waals surface area contributed by atoms with Crippen molar-refractivity contribution in [3.63, 3.8) is 0 Å². The predicted octanol–water partition coefficient (Wildman–Crippen LogP) is 2.83. The Bertz CT molecular complexity index is 573. The molecule has 2 aromatic rings. The van der Waals surface area contributed by atoms with E-state index in [1.165, 1.54) is 0 Å². The molecule has 21 heavy (non-hydrogen) atoms. The number of hydrogen-bond acceptors (Lipinski definition) is 5. The second kappa shape index (κ2) is 7.40. The lowest BCUT2D eigenvalue weighted by molar-refractivity contribution is 0.347. The minimum absolute atomic E-state index is 0.582. The standard InChI is InChI=1S/C16H20N2O3/c1-19-14-10-16(21-3)15(20-2)9-12(14)11-17-18-13-7-5-4-6-8-13/h4-10,17-18H,11H2,1-3H3. The first-order valence-corrected chi connectivity index (χ1v) is 6.61. The van der Waals surface area contributed by atoms with E-state index in [0.29, 0.717) is 18.0 Å². The third-order valence-electron chi connectivity index (χ3n) is 3.07. The van der Waals surface area contributed by atoms with Gasteiger partial charge in [0.05, 0.1) is 21.3 Å². The fourth-order valence-corrected chi connectivity index (χ4v) is 1.99. The van der Waals surface area contributed by atoms with E-state index in [2.05, 4.69) is 10.9 Å². The molecule has 2 N–H and O–H groups in total. The van der Waals surface area contributed by atoms with Crippen LogP contribution < -0.4 is 25.1 Å². The van der Waals surface area contributed by atoms with E-state index in [-0.39, 0.29) is 0 Å². The van der Waals surface area contributed by atoms with Gasteiger partial charge in [-0.1, -0.05) is 18.2 Å². The first-order chi connectivity index (χ1) is 10.3. The first-order valence-electron chi connectivity index (χ1n) is 6.61. The lowest BCUT2D eigenvalue weighted by atomic mass is 10.1. The molecule has 0 aliphatic rings. The summed E-state index contributed by atoms with van der Waals surface area (Å²) in [6, 6.07) is 13.6. The predicted molar refractivity (Wildman–Crippen MR) is 83.0 cm³/mol. The Morgan fingerprint density at radius 2 is 1.43 bits per heavy atom. The van der Waals surface area contributed by atoms with Gasteiger partial charge in [-0.15, -0.1) is 0 Å². The molecule has 0 aliphatic heterocycles. The van der Waals surface area contributed by atoms with Crippen LogP contribution in [-0.2, 0) is 6.54 Å². The summed E-state index contributed by atoms with van der Waals surface area (Å²) in [6.45, 7) is 0.582. The number of hydrazine groups is 1. The van der Waals surface area contributed by atoms with Crippen molar-refractivity contribution in [2.24, 2.45) is 0 Å². The van der Waals surface area contributed by atoms with Crippen molar-refractivity contribution >= 4 is 5.69 Å². The summed E-state index contributed by atoms with van der Waals surface area (Å²) in [5.74, 6) is 2.07. The second-order valence-corrected chi connectivity index (χ2v) is 4.36. The third-order valence-corrected chi connectivity index (χ3v) is 3.07. The summed E-state index contributed by atoms with van der Waals surface area (Å²) in [4.78, 5) is 0. The van der Waals surface area contributed by atoms with Gasteiger partial charge in [-0.25, -0.2) is 5.43 Å². The Labute approximate surface area is 124 Å². The Balaban J connectivity index is 2.08. The zero-order chi connectivity index (χ0) is 15.1. The Kier molecular flexibility index (Phi) is 5.29. The van der Waals surface area contributed by atoms with Gasteiger partial charge in [0.1, 0.15) is 5.75 Å². The number of methoxy groups -OCH3 is 3. The second-order valence-electron chi connectivity index (χ2n) is 4.36. The number of nitrogens with one attached hydrogen (secondary N) is 2. The van der Waals surface area contributed by atoms with Gasteiger partial charge in [0.15, 0.2) is 11.5 Å². The number of rotatable bonds is 7. The Hall–Kier alpha value is -2.40. The highest BCUT2D eigenvalue weighted by atomic mass is 16.5. The van der Waals surface area contributed by atoms with E-state index >= 15 is 0 Å². The maximum Gasteiger partial charge on any atom is 0.164 e. The van der Waals surface area contributed by atoms with Crippen molar-refractivity contribution in [1.82, 2.24) is 5.43 Å². The molecule has 0 aliphatic carbocycles. The van der Waals surface area contributed by atoms with E-state index in [1.807, 2.05) is 42.5 Å². The summed E-state index contributed by atoms with van der Waals surface area (Å²) in [5, 5.41) is 0. The molecular formula is C16H20N2O3. The van der Waals surface area contributed by atoms with E-state index in [4.69, 9.17) is 14.2 Å².